The topological polar surface area (TPSA) is 52.0 Å². The molecule has 2 atom stereocenters. The number of nitrogens with zero attached hydrogens (tertiary/aromatic N) is 5. The molecule has 14 aromatic carbocycles. The normalized spacial score (nSPS) is 15.7. The third kappa shape index (κ3) is 10.6. The monoisotopic (exact) mass is 1330 g/mol. The highest BCUT2D eigenvalue weighted by Gasteiger charge is 2.50. The molecule has 18 rings (SSSR count). The smallest absolute Gasteiger partial charge is 0.301 e. The zero-order chi connectivity index (χ0) is 63.9. The maximum Gasteiger partial charge on any atom is 0.301 e. The first kappa shape index (κ1) is 59.1. The number of halogens is 1. The molecule has 0 fully saturated rings. The van der Waals surface area contributed by atoms with Crippen LogP contribution in [-0.2, 0) is 15.6 Å². The number of rotatable bonds is 9. The highest BCUT2D eigenvalue weighted by molar-refractivity contribution is 9.10. The van der Waals surface area contributed by atoms with E-state index < -0.39 is 14.9 Å². The molecule has 0 bridgehead atoms. The summed E-state index contributed by atoms with van der Waals surface area (Å²) < 4.78 is 42.4. The second-order valence-corrected chi connectivity index (χ2v) is 29.4. The first-order valence-corrected chi connectivity index (χ1v) is 35.9. The zero-order valence-electron chi connectivity index (χ0n) is 51.7. The molecule has 0 saturated carbocycles. The Bertz CT molecular complexity index is 5380. The van der Waals surface area contributed by atoms with Crippen LogP contribution < -0.4 is 29.3 Å². The number of hydrogen-bond donors (Lipinski definition) is 0. The van der Waals surface area contributed by atoms with Gasteiger partial charge in [-0.15, -0.1) is 0 Å². The average Bonchev–Trinajstić information content (AvgIpc) is 1.57. The van der Waals surface area contributed by atoms with Crippen molar-refractivity contribution in [2.24, 2.45) is 0 Å². The maximum atomic E-state index is 16.0. The Morgan fingerprint density at radius 2 is 0.653 bits per heavy atom. The number of anilines is 8. The summed E-state index contributed by atoms with van der Waals surface area (Å²) in [4.78, 5) is 0. The standard InChI is InChI=1S/C42H30N3OP.C24H18BrN2OP.C19H14/c46-47(36-21-11-4-12-22-36)44(33-17-7-2-8-18-33)41-28-26-35(30-42(41)45(47)34-19-9-3-10-20-34)43-39-24-14-13-23-37(39)38-29-32(25-27-40(38)43)31-15-5-1-6-16-31;25-19-16-17-23-24(18-19)27(21-12-6-2-7-13-21)29(28,22-14-8-3-9-15-22)26(23)20-10-4-1-5-11-20;1-2-6-14(7-3-1)15-10-11-17-12-16-8-4-5-9-18(16)19(17)13-15/h1-30H;1-18H;1-11,13H,12H2. The van der Waals surface area contributed by atoms with Gasteiger partial charge in [-0.1, -0.05) is 246 Å². The van der Waals surface area contributed by atoms with E-state index in [1.807, 2.05) is 214 Å². The number of aromatic nitrogens is 1. The van der Waals surface area contributed by atoms with Gasteiger partial charge in [-0.25, -0.2) is 0 Å². The van der Waals surface area contributed by atoms with Gasteiger partial charge in [0.25, 0.3) is 0 Å². The summed E-state index contributed by atoms with van der Waals surface area (Å²) in [6.07, 6.45) is 1.07. The van der Waals surface area contributed by atoms with Gasteiger partial charge in [0.15, 0.2) is 0 Å². The molecule has 2 unspecified atom stereocenters. The van der Waals surface area contributed by atoms with Gasteiger partial charge in [-0.3, -0.25) is 27.8 Å². The lowest BCUT2D eigenvalue weighted by Gasteiger charge is -2.33. The summed E-state index contributed by atoms with van der Waals surface area (Å²) in [5, 5.41) is 3.96. The van der Waals surface area contributed by atoms with E-state index in [2.05, 4.69) is 189 Å². The maximum absolute atomic E-state index is 16.0. The largest absolute Gasteiger partial charge is 0.309 e. The Labute approximate surface area is 562 Å². The van der Waals surface area contributed by atoms with E-state index in [9.17, 15) is 0 Å². The van der Waals surface area contributed by atoms with Crippen molar-refractivity contribution < 1.29 is 9.13 Å². The van der Waals surface area contributed by atoms with Crippen LogP contribution in [0.5, 0.6) is 0 Å². The van der Waals surface area contributed by atoms with Gasteiger partial charge in [0.1, 0.15) is 0 Å². The number of benzene rings is 14. The molecular formula is C85H62BrN5O2P2. The van der Waals surface area contributed by atoms with Crippen LogP contribution >= 0.6 is 30.8 Å². The highest BCUT2D eigenvalue weighted by Crippen LogP contribution is 2.71. The Morgan fingerprint density at radius 1 is 0.263 bits per heavy atom. The summed E-state index contributed by atoms with van der Waals surface area (Å²) in [6.45, 7) is 0. The SMILES string of the molecule is O=P1(c2ccccc2)N(c2ccccc2)c2ccc(-n3c4ccccc4c4cc(-c5ccccc5)ccc43)cc2N1c1ccccc1.O=P1(c2ccccc2)N(c2ccccc2)c2ccc(Br)cc2N1c1ccccc1.c1ccc(-c2ccc3c(c2)-c2ccccc2C3)cc1. The molecule has 15 aromatic rings. The van der Waals surface area contributed by atoms with E-state index >= 15 is 9.13 Å². The van der Waals surface area contributed by atoms with Crippen molar-refractivity contribution in [2.45, 2.75) is 6.42 Å². The molecule has 3 heterocycles. The second kappa shape index (κ2) is 25.1. The van der Waals surface area contributed by atoms with Crippen molar-refractivity contribution >= 4 is 109 Å². The Hall–Kier alpha value is -11.0. The van der Waals surface area contributed by atoms with Gasteiger partial charge in [0, 0.05) is 43.7 Å². The Balaban J connectivity index is 0.000000125. The lowest BCUT2D eigenvalue weighted by molar-refractivity contribution is 0.581. The van der Waals surface area contributed by atoms with Gasteiger partial charge in [0.2, 0.25) is 0 Å². The molecule has 1 aliphatic carbocycles. The quantitative estimate of drug-likeness (QED) is 0.134. The Kier molecular flexibility index (Phi) is 15.6. The van der Waals surface area contributed by atoms with Crippen LogP contribution in [0, 0.1) is 0 Å². The van der Waals surface area contributed by atoms with Crippen molar-refractivity contribution in [1.29, 1.82) is 0 Å². The van der Waals surface area contributed by atoms with Gasteiger partial charge in [-0.2, -0.15) is 0 Å². The fraction of sp³-hybridized carbons (Fsp3) is 0.0118. The van der Waals surface area contributed by atoms with Crippen molar-refractivity contribution in [2.75, 3.05) is 18.7 Å². The van der Waals surface area contributed by atoms with Gasteiger partial charge < -0.3 is 4.57 Å². The van der Waals surface area contributed by atoms with E-state index in [1.165, 1.54) is 55.3 Å². The van der Waals surface area contributed by atoms with E-state index in [0.29, 0.717) is 0 Å². The van der Waals surface area contributed by atoms with E-state index in [0.717, 1.165) is 83.7 Å². The molecule has 0 saturated heterocycles. The van der Waals surface area contributed by atoms with Crippen LogP contribution in [-0.4, -0.2) is 4.57 Å². The van der Waals surface area contributed by atoms with Crippen LogP contribution in [0.25, 0.3) is 60.9 Å². The van der Waals surface area contributed by atoms with Crippen LogP contribution in [0.3, 0.4) is 0 Å². The molecule has 0 spiro atoms. The fourth-order valence-corrected chi connectivity index (χ4v) is 20.1. The van der Waals surface area contributed by atoms with Gasteiger partial charge in [-0.05, 0) is 184 Å². The zero-order valence-corrected chi connectivity index (χ0v) is 55.0. The first-order valence-electron chi connectivity index (χ1n) is 31.9. The van der Waals surface area contributed by atoms with Crippen molar-refractivity contribution in [3.05, 3.63) is 380 Å². The minimum absolute atomic E-state index is 0.774. The Morgan fingerprint density at radius 3 is 1.18 bits per heavy atom. The van der Waals surface area contributed by atoms with Crippen LogP contribution in [0.4, 0.5) is 45.5 Å². The van der Waals surface area contributed by atoms with Gasteiger partial charge in [0.05, 0.1) is 44.4 Å². The summed E-state index contributed by atoms with van der Waals surface area (Å²) in [5.74, 6) is 0. The average molecular weight is 1330 g/mol. The van der Waals surface area contributed by atoms with Crippen LogP contribution in [0.15, 0.2) is 368 Å². The lowest BCUT2D eigenvalue weighted by atomic mass is 9.99. The lowest BCUT2D eigenvalue weighted by Crippen LogP contribution is -2.26. The summed E-state index contributed by atoms with van der Waals surface area (Å²) in [5.41, 5.74) is 21.1. The minimum Gasteiger partial charge on any atom is -0.309 e. The number of hydrogen-bond acceptors (Lipinski definition) is 2. The van der Waals surface area contributed by atoms with E-state index in [1.54, 1.807) is 0 Å². The third-order valence-corrected chi connectivity index (χ3v) is 24.4. The molecule has 0 amide bonds. The van der Waals surface area contributed by atoms with E-state index in [-0.39, 0.29) is 0 Å². The van der Waals surface area contributed by atoms with Crippen LogP contribution in [0.1, 0.15) is 11.1 Å². The molecule has 0 radical (unpaired) electrons. The predicted octanol–water partition coefficient (Wildman–Crippen LogP) is 23.4. The molecule has 10 heteroatoms. The molecule has 95 heavy (non-hydrogen) atoms. The first-order chi connectivity index (χ1) is 46.8. The van der Waals surface area contributed by atoms with Crippen molar-refractivity contribution in [1.82, 2.24) is 4.57 Å². The molecule has 0 N–H and O–H groups in total. The summed E-state index contributed by atoms with van der Waals surface area (Å²) in [6, 6.07) is 124. The van der Waals surface area contributed by atoms with Crippen molar-refractivity contribution in [3.8, 4) is 39.1 Å². The molecule has 1 aromatic heterocycles. The molecule has 7 nitrogen and oxygen atoms in total. The summed E-state index contributed by atoms with van der Waals surface area (Å²) in [7, 11) is -6.69. The number of para-hydroxylation sites is 5. The third-order valence-electron chi connectivity index (χ3n) is 18.0. The number of fused-ring (bicyclic) bond motifs is 8. The van der Waals surface area contributed by atoms with Crippen molar-refractivity contribution in [3.63, 3.8) is 0 Å². The molecule has 2 aliphatic heterocycles. The highest BCUT2D eigenvalue weighted by atomic mass is 79.9. The molecule has 3 aliphatic rings. The van der Waals surface area contributed by atoms with Gasteiger partial charge >= 0.3 is 14.9 Å². The molecular weight excluding hydrogens is 1260 g/mol. The predicted molar refractivity (Wildman–Crippen MR) is 402 cm³/mol. The second-order valence-electron chi connectivity index (χ2n) is 23.7. The van der Waals surface area contributed by atoms with E-state index in [4.69, 9.17) is 0 Å². The van der Waals surface area contributed by atoms with Crippen LogP contribution in [0.2, 0.25) is 0 Å². The molecule has 456 valence electrons. The fourth-order valence-electron chi connectivity index (χ4n) is 13.8. The minimum atomic E-state index is -3.44. The summed E-state index contributed by atoms with van der Waals surface area (Å²) >= 11 is 3.60.